The molecule has 2 aliphatic rings. The van der Waals surface area contributed by atoms with Crippen molar-refractivity contribution in [3.63, 3.8) is 0 Å². The summed E-state index contributed by atoms with van der Waals surface area (Å²) in [6, 6.07) is 15.5. The predicted octanol–water partition coefficient (Wildman–Crippen LogP) is 6.57. The highest BCUT2D eigenvalue weighted by atomic mass is 35.5. The van der Waals surface area contributed by atoms with Crippen molar-refractivity contribution in [2.75, 3.05) is 26.4 Å². The average molecular weight is 489 g/mol. The van der Waals surface area contributed by atoms with E-state index in [1.807, 2.05) is 31.2 Å². The third kappa shape index (κ3) is 6.69. The molecule has 1 fully saturated rings. The highest BCUT2D eigenvalue weighted by molar-refractivity contribution is 6.33. The molecule has 6 heteroatoms. The van der Waals surface area contributed by atoms with Crippen LogP contribution in [-0.2, 0) is 25.6 Å². The standard InChI is InChI=1S/C27H30Cl2O4/c1-2-30-15-19-7-6-10-21(13-19)25-17-31-18-26(33-25)27(20-8-4-3-5-9-20)32-16-22-14-23(28)11-12-24(22)29/h3-12,14,19,25-27H,2,13,15-18H2,1H3. The fourth-order valence-electron chi connectivity index (χ4n) is 4.23. The van der Waals surface area contributed by atoms with E-state index in [2.05, 4.69) is 30.4 Å². The maximum atomic E-state index is 6.59. The number of allylic oxidation sites excluding steroid dienone is 2. The molecule has 0 N–H and O–H groups in total. The summed E-state index contributed by atoms with van der Waals surface area (Å²) < 4.78 is 24.6. The van der Waals surface area contributed by atoms with Crippen LogP contribution in [0.3, 0.4) is 0 Å². The zero-order chi connectivity index (χ0) is 23.0. The number of rotatable bonds is 9. The van der Waals surface area contributed by atoms with E-state index in [4.69, 9.17) is 42.1 Å². The Balaban J connectivity index is 1.48. The first-order valence-corrected chi connectivity index (χ1v) is 12.2. The second kappa shape index (κ2) is 12.2. The summed E-state index contributed by atoms with van der Waals surface area (Å²) in [5.41, 5.74) is 3.12. The Labute approximate surface area is 206 Å². The summed E-state index contributed by atoms with van der Waals surface area (Å²) in [5, 5.41) is 1.26. The van der Waals surface area contributed by atoms with Crippen LogP contribution in [-0.4, -0.2) is 38.6 Å². The monoisotopic (exact) mass is 488 g/mol. The summed E-state index contributed by atoms with van der Waals surface area (Å²) in [6.45, 7) is 4.79. The molecule has 1 aliphatic heterocycles. The van der Waals surface area contributed by atoms with E-state index in [1.165, 1.54) is 5.57 Å². The molecular weight excluding hydrogens is 459 g/mol. The van der Waals surface area contributed by atoms with E-state index >= 15 is 0 Å². The zero-order valence-corrected chi connectivity index (χ0v) is 20.3. The van der Waals surface area contributed by atoms with Crippen molar-refractivity contribution in [1.29, 1.82) is 0 Å². The van der Waals surface area contributed by atoms with Crippen LogP contribution in [0.2, 0.25) is 10.0 Å². The van der Waals surface area contributed by atoms with Crippen LogP contribution in [0.1, 0.15) is 30.6 Å². The second-order valence-corrected chi connectivity index (χ2v) is 9.17. The van der Waals surface area contributed by atoms with Crippen LogP contribution < -0.4 is 0 Å². The Morgan fingerprint density at radius 1 is 1.09 bits per heavy atom. The van der Waals surface area contributed by atoms with Crippen molar-refractivity contribution in [3.8, 4) is 0 Å². The minimum absolute atomic E-state index is 0.109. The second-order valence-electron chi connectivity index (χ2n) is 8.33. The van der Waals surface area contributed by atoms with Crippen LogP contribution >= 0.6 is 23.2 Å². The Hall–Kier alpha value is -1.66. The number of hydrogen-bond acceptors (Lipinski definition) is 4. The maximum Gasteiger partial charge on any atom is 0.112 e. The zero-order valence-electron chi connectivity index (χ0n) is 18.8. The number of benzene rings is 2. The molecular formula is C27H30Cl2O4. The number of halogens is 2. The molecule has 1 aliphatic carbocycles. The molecule has 0 spiro atoms. The molecule has 1 heterocycles. The lowest BCUT2D eigenvalue weighted by Gasteiger charge is -2.37. The highest BCUT2D eigenvalue weighted by Crippen LogP contribution is 2.33. The molecule has 0 saturated carbocycles. The molecule has 0 amide bonds. The van der Waals surface area contributed by atoms with Gasteiger partial charge < -0.3 is 18.9 Å². The Kier molecular flexibility index (Phi) is 9.02. The lowest BCUT2D eigenvalue weighted by Crippen LogP contribution is -2.42. The van der Waals surface area contributed by atoms with Gasteiger partial charge in [-0.3, -0.25) is 0 Å². The molecule has 4 atom stereocenters. The van der Waals surface area contributed by atoms with E-state index < -0.39 is 0 Å². The van der Waals surface area contributed by atoms with Crippen LogP contribution in [0, 0.1) is 5.92 Å². The van der Waals surface area contributed by atoms with Gasteiger partial charge in [0.15, 0.2) is 0 Å². The van der Waals surface area contributed by atoms with Gasteiger partial charge in [0.2, 0.25) is 0 Å². The van der Waals surface area contributed by atoms with Gasteiger partial charge in [-0.1, -0.05) is 71.8 Å². The minimum atomic E-state index is -0.303. The van der Waals surface area contributed by atoms with E-state index in [9.17, 15) is 0 Å². The van der Waals surface area contributed by atoms with Crippen molar-refractivity contribution in [1.82, 2.24) is 0 Å². The van der Waals surface area contributed by atoms with Gasteiger partial charge in [0, 0.05) is 22.6 Å². The third-order valence-electron chi connectivity index (χ3n) is 5.92. The van der Waals surface area contributed by atoms with Crippen molar-refractivity contribution in [3.05, 3.63) is 93.5 Å². The highest BCUT2D eigenvalue weighted by Gasteiger charge is 2.34. The van der Waals surface area contributed by atoms with Crippen LogP contribution in [0.4, 0.5) is 0 Å². The first kappa shape index (κ1) is 24.5. The number of hydrogen-bond donors (Lipinski definition) is 0. The molecule has 0 aromatic heterocycles. The molecule has 4 rings (SSSR count). The van der Waals surface area contributed by atoms with Crippen LogP contribution in [0.15, 0.2) is 72.3 Å². The van der Waals surface area contributed by atoms with Crippen molar-refractivity contribution in [2.24, 2.45) is 5.92 Å². The smallest absolute Gasteiger partial charge is 0.112 e. The Bertz CT molecular complexity index is 960. The first-order valence-electron chi connectivity index (χ1n) is 11.4. The summed E-state index contributed by atoms with van der Waals surface area (Å²) in [5.74, 6) is 0.361. The normalized spacial score (nSPS) is 23.8. The maximum absolute atomic E-state index is 6.59. The topological polar surface area (TPSA) is 36.9 Å². The van der Waals surface area contributed by atoms with Gasteiger partial charge in [-0.2, -0.15) is 0 Å². The molecule has 4 nitrogen and oxygen atoms in total. The van der Waals surface area contributed by atoms with Gasteiger partial charge >= 0.3 is 0 Å². The van der Waals surface area contributed by atoms with Crippen molar-refractivity contribution < 1.29 is 18.9 Å². The van der Waals surface area contributed by atoms with Gasteiger partial charge in [0.05, 0.1) is 26.4 Å². The molecule has 33 heavy (non-hydrogen) atoms. The van der Waals surface area contributed by atoms with Crippen LogP contribution in [0.5, 0.6) is 0 Å². The molecule has 2 aromatic rings. The third-order valence-corrected chi connectivity index (χ3v) is 6.53. The van der Waals surface area contributed by atoms with Gasteiger partial charge in [-0.25, -0.2) is 0 Å². The molecule has 1 saturated heterocycles. The van der Waals surface area contributed by atoms with E-state index in [1.54, 1.807) is 12.1 Å². The Morgan fingerprint density at radius 2 is 1.94 bits per heavy atom. The Morgan fingerprint density at radius 3 is 2.76 bits per heavy atom. The fraction of sp³-hybridized carbons (Fsp3) is 0.407. The summed E-state index contributed by atoms with van der Waals surface area (Å²) >= 11 is 12.5. The molecule has 4 unspecified atom stereocenters. The van der Waals surface area contributed by atoms with Gasteiger partial charge in [-0.15, -0.1) is 0 Å². The fourth-order valence-corrected chi connectivity index (χ4v) is 4.59. The van der Waals surface area contributed by atoms with Gasteiger partial charge in [-0.05, 0) is 48.2 Å². The molecule has 2 aromatic carbocycles. The van der Waals surface area contributed by atoms with Crippen molar-refractivity contribution >= 4 is 23.2 Å². The lowest BCUT2D eigenvalue weighted by atomic mass is 9.91. The largest absolute Gasteiger partial charge is 0.381 e. The molecule has 0 bridgehead atoms. The lowest BCUT2D eigenvalue weighted by molar-refractivity contribution is -0.177. The number of ether oxygens (including phenoxy) is 4. The minimum Gasteiger partial charge on any atom is -0.381 e. The average Bonchev–Trinajstić information content (AvgIpc) is 2.86. The van der Waals surface area contributed by atoms with Gasteiger partial charge in [0.1, 0.15) is 18.3 Å². The molecule has 0 radical (unpaired) electrons. The van der Waals surface area contributed by atoms with Gasteiger partial charge in [0.25, 0.3) is 0 Å². The van der Waals surface area contributed by atoms with E-state index in [0.29, 0.717) is 35.8 Å². The molecule has 176 valence electrons. The predicted molar refractivity (Wildman–Crippen MR) is 132 cm³/mol. The summed E-state index contributed by atoms with van der Waals surface area (Å²) in [4.78, 5) is 0. The summed E-state index contributed by atoms with van der Waals surface area (Å²) in [6.07, 6.45) is 6.69. The first-order chi connectivity index (χ1) is 16.1. The quantitative estimate of drug-likeness (QED) is 0.399. The SMILES string of the molecule is CCOCC1C=CC=C(C2COCC(C(OCc3cc(Cl)ccc3Cl)c3ccccc3)O2)C1. The van der Waals surface area contributed by atoms with E-state index in [-0.39, 0.29) is 18.3 Å². The van der Waals surface area contributed by atoms with E-state index in [0.717, 1.165) is 30.8 Å². The van der Waals surface area contributed by atoms with Crippen molar-refractivity contribution in [2.45, 2.75) is 38.3 Å². The van der Waals surface area contributed by atoms with Crippen LogP contribution in [0.25, 0.3) is 0 Å². The summed E-state index contributed by atoms with van der Waals surface area (Å²) in [7, 11) is 0.